The fourth-order valence-corrected chi connectivity index (χ4v) is 1.81. The lowest BCUT2D eigenvalue weighted by atomic mass is 9.90. The number of carbonyl (C=O) groups is 2. The molecule has 1 aromatic carbocycles. The zero-order valence-corrected chi connectivity index (χ0v) is 8.13. The van der Waals surface area contributed by atoms with Crippen molar-refractivity contribution >= 4 is 11.6 Å². The molecule has 1 aliphatic carbocycles. The Balaban J connectivity index is 2.78. The molecular weight excluding hydrogens is 176 g/mol. The minimum absolute atomic E-state index is 0.0721. The van der Waals surface area contributed by atoms with Crippen molar-refractivity contribution in [2.45, 2.75) is 13.8 Å². The van der Waals surface area contributed by atoms with Gasteiger partial charge in [0.25, 0.3) is 0 Å². The van der Waals surface area contributed by atoms with Crippen molar-refractivity contribution in [2.75, 3.05) is 0 Å². The van der Waals surface area contributed by atoms with Gasteiger partial charge in [-0.25, -0.2) is 0 Å². The summed E-state index contributed by atoms with van der Waals surface area (Å²) in [6.07, 6.45) is 2.68. The third-order valence-electron chi connectivity index (χ3n) is 2.38. The van der Waals surface area contributed by atoms with Gasteiger partial charge in [-0.2, -0.15) is 0 Å². The molecule has 1 aliphatic rings. The van der Waals surface area contributed by atoms with Crippen LogP contribution in [0, 0.1) is 13.8 Å². The first-order chi connectivity index (χ1) is 6.59. The van der Waals surface area contributed by atoms with Gasteiger partial charge >= 0.3 is 0 Å². The summed E-state index contributed by atoms with van der Waals surface area (Å²) in [5.74, 6) is -0.150. The molecule has 0 amide bonds. The van der Waals surface area contributed by atoms with Gasteiger partial charge in [0.05, 0.1) is 0 Å². The topological polar surface area (TPSA) is 34.1 Å². The molecule has 0 aliphatic heterocycles. The molecule has 0 bridgehead atoms. The summed E-state index contributed by atoms with van der Waals surface area (Å²) in [5, 5.41) is 0. The van der Waals surface area contributed by atoms with Crippen LogP contribution in [0.3, 0.4) is 0 Å². The number of hydrogen-bond donors (Lipinski definition) is 0. The number of benzene rings is 1. The van der Waals surface area contributed by atoms with Crippen molar-refractivity contribution in [1.29, 1.82) is 0 Å². The lowest BCUT2D eigenvalue weighted by molar-refractivity contribution is 0.0993. The number of carbonyl (C=O) groups excluding carboxylic acids is 2. The summed E-state index contributed by atoms with van der Waals surface area (Å²) in [6.45, 7) is 3.78. The molecule has 0 atom stereocenters. The predicted molar refractivity (Wildman–Crippen MR) is 53.7 cm³/mol. The van der Waals surface area contributed by atoms with Gasteiger partial charge in [0, 0.05) is 11.1 Å². The molecule has 0 aromatic heterocycles. The van der Waals surface area contributed by atoms with E-state index in [1.165, 1.54) is 12.2 Å². The van der Waals surface area contributed by atoms with Crippen molar-refractivity contribution in [2.24, 2.45) is 0 Å². The lowest BCUT2D eigenvalue weighted by Crippen LogP contribution is -2.13. The summed E-state index contributed by atoms with van der Waals surface area (Å²) >= 11 is 0. The van der Waals surface area contributed by atoms with E-state index in [9.17, 15) is 9.59 Å². The number of ketones is 2. The summed E-state index contributed by atoms with van der Waals surface area (Å²) in [6, 6.07) is 3.69. The highest BCUT2D eigenvalue weighted by atomic mass is 16.1. The fraction of sp³-hybridized carbons (Fsp3) is 0.167. The van der Waals surface area contributed by atoms with E-state index in [0.29, 0.717) is 11.1 Å². The number of hydrogen-bond acceptors (Lipinski definition) is 2. The zero-order valence-electron chi connectivity index (χ0n) is 8.13. The summed E-state index contributed by atoms with van der Waals surface area (Å²) in [7, 11) is 0. The highest BCUT2D eigenvalue weighted by molar-refractivity contribution is 6.22. The Morgan fingerprint density at radius 2 is 1.57 bits per heavy atom. The molecule has 2 heteroatoms. The predicted octanol–water partition coefficient (Wildman–Crippen LogP) is 2.24. The maximum Gasteiger partial charge on any atom is 0.186 e. The van der Waals surface area contributed by atoms with E-state index in [0.717, 1.165) is 11.1 Å². The molecule has 0 spiro atoms. The number of fused-ring (bicyclic) bond motifs is 1. The molecule has 2 nitrogen and oxygen atoms in total. The molecule has 0 N–H and O–H groups in total. The first-order valence-electron chi connectivity index (χ1n) is 4.47. The van der Waals surface area contributed by atoms with E-state index in [1.807, 2.05) is 19.9 Å². The second-order valence-electron chi connectivity index (χ2n) is 3.57. The van der Waals surface area contributed by atoms with Crippen LogP contribution in [0.4, 0.5) is 0 Å². The number of rotatable bonds is 0. The minimum atomic E-state index is -0.0774. The van der Waals surface area contributed by atoms with E-state index in [1.54, 1.807) is 6.07 Å². The van der Waals surface area contributed by atoms with Crippen LogP contribution < -0.4 is 0 Å². The van der Waals surface area contributed by atoms with Crippen LogP contribution in [0.25, 0.3) is 0 Å². The Hall–Kier alpha value is -1.70. The number of allylic oxidation sites excluding steroid dienone is 2. The van der Waals surface area contributed by atoms with Crippen LogP contribution in [0.5, 0.6) is 0 Å². The first-order valence-corrected chi connectivity index (χ1v) is 4.47. The molecule has 0 heterocycles. The average molecular weight is 186 g/mol. The molecule has 0 saturated heterocycles. The van der Waals surface area contributed by atoms with Gasteiger partial charge in [-0.1, -0.05) is 11.6 Å². The molecule has 2 rings (SSSR count). The Morgan fingerprint density at radius 1 is 0.929 bits per heavy atom. The maximum atomic E-state index is 11.5. The van der Waals surface area contributed by atoms with E-state index in [2.05, 4.69) is 0 Å². The van der Waals surface area contributed by atoms with Crippen molar-refractivity contribution in [3.05, 3.63) is 46.5 Å². The van der Waals surface area contributed by atoms with Gasteiger partial charge in [-0.15, -0.1) is 0 Å². The van der Waals surface area contributed by atoms with Crippen molar-refractivity contribution in [1.82, 2.24) is 0 Å². The Kier molecular flexibility index (Phi) is 1.84. The SMILES string of the molecule is Cc1cc(C)c2c(c1)C(=O)C=CC2=O. The van der Waals surface area contributed by atoms with Crippen LogP contribution in [0.2, 0.25) is 0 Å². The highest BCUT2D eigenvalue weighted by Gasteiger charge is 2.20. The molecule has 0 saturated carbocycles. The maximum absolute atomic E-state index is 11.5. The quantitative estimate of drug-likeness (QED) is 0.622. The van der Waals surface area contributed by atoms with Gasteiger partial charge in [0.2, 0.25) is 0 Å². The highest BCUT2D eigenvalue weighted by Crippen LogP contribution is 2.22. The summed E-state index contributed by atoms with van der Waals surface area (Å²) in [4.78, 5) is 23.0. The van der Waals surface area contributed by atoms with Crippen LogP contribution in [0.1, 0.15) is 31.8 Å². The van der Waals surface area contributed by atoms with Crippen molar-refractivity contribution < 1.29 is 9.59 Å². The third-order valence-corrected chi connectivity index (χ3v) is 2.38. The molecule has 0 radical (unpaired) electrons. The van der Waals surface area contributed by atoms with Crippen LogP contribution in [-0.2, 0) is 0 Å². The van der Waals surface area contributed by atoms with Crippen molar-refractivity contribution in [3.63, 3.8) is 0 Å². The van der Waals surface area contributed by atoms with Gasteiger partial charge in [-0.3, -0.25) is 9.59 Å². The first kappa shape index (κ1) is 8.88. The molecule has 0 fully saturated rings. The molecular formula is C12H10O2. The molecule has 14 heavy (non-hydrogen) atoms. The van der Waals surface area contributed by atoms with Gasteiger partial charge < -0.3 is 0 Å². The van der Waals surface area contributed by atoms with E-state index >= 15 is 0 Å². The van der Waals surface area contributed by atoms with Gasteiger partial charge in [0.1, 0.15) is 0 Å². The molecule has 1 aromatic rings. The lowest BCUT2D eigenvalue weighted by Gasteiger charge is -2.12. The van der Waals surface area contributed by atoms with E-state index in [4.69, 9.17) is 0 Å². The van der Waals surface area contributed by atoms with Gasteiger partial charge in [0.15, 0.2) is 11.6 Å². The van der Waals surface area contributed by atoms with E-state index in [-0.39, 0.29) is 11.6 Å². The van der Waals surface area contributed by atoms with Crippen LogP contribution >= 0.6 is 0 Å². The van der Waals surface area contributed by atoms with Crippen molar-refractivity contribution in [3.8, 4) is 0 Å². The standard InChI is InChI=1S/C12H10O2/c1-7-5-8(2)12-9(6-7)10(13)3-4-11(12)14/h3-6H,1-2H3. The third kappa shape index (κ3) is 1.20. The summed E-state index contributed by atoms with van der Waals surface area (Å²) < 4.78 is 0. The second kappa shape index (κ2) is 2.91. The zero-order chi connectivity index (χ0) is 10.3. The summed E-state index contributed by atoms with van der Waals surface area (Å²) in [5.41, 5.74) is 2.98. The van der Waals surface area contributed by atoms with E-state index < -0.39 is 0 Å². The monoisotopic (exact) mass is 186 g/mol. The Bertz CT molecular complexity index is 467. The Labute approximate surface area is 82.2 Å². The second-order valence-corrected chi connectivity index (χ2v) is 3.57. The molecule has 70 valence electrons. The molecule has 0 unspecified atom stereocenters. The fourth-order valence-electron chi connectivity index (χ4n) is 1.81. The smallest absolute Gasteiger partial charge is 0.186 e. The minimum Gasteiger partial charge on any atom is -0.289 e. The average Bonchev–Trinajstić information content (AvgIpc) is 2.10. The van der Waals surface area contributed by atoms with Gasteiger partial charge in [-0.05, 0) is 37.6 Å². The number of aryl methyl sites for hydroxylation is 2. The van der Waals surface area contributed by atoms with Crippen LogP contribution in [-0.4, -0.2) is 11.6 Å². The Morgan fingerprint density at radius 3 is 2.29 bits per heavy atom. The normalized spacial score (nSPS) is 14.4. The van der Waals surface area contributed by atoms with Crippen LogP contribution in [0.15, 0.2) is 24.3 Å². The largest absolute Gasteiger partial charge is 0.289 e.